The monoisotopic (exact) mass is 421 g/mol. The maximum atomic E-state index is 14.3. The summed E-state index contributed by atoms with van der Waals surface area (Å²) >= 11 is 0. The Labute approximate surface area is 180 Å². The van der Waals surface area contributed by atoms with Gasteiger partial charge in [-0.05, 0) is 42.3 Å². The van der Waals surface area contributed by atoms with E-state index in [-0.39, 0.29) is 11.9 Å². The Kier molecular flexibility index (Phi) is 5.32. The SMILES string of the molecule is CCn1cc(C2(c3cccc(-c4cccnc4F)c3)N=C(N)N(C)C2=O)cc1COC. The molecule has 2 N–H and O–H groups in total. The highest BCUT2D eigenvalue weighted by Crippen LogP contribution is 2.41. The molecule has 2 aromatic heterocycles. The molecule has 7 nitrogen and oxygen atoms in total. The van der Waals surface area contributed by atoms with Crippen LogP contribution in [0.3, 0.4) is 0 Å². The van der Waals surface area contributed by atoms with E-state index in [9.17, 15) is 9.18 Å². The molecule has 0 radical (unpaired) electrons. The second kappa shape index (κ2) is 7.96. The number of benzene rings is 1. The van der Waals surface area contributed by atoms with Crippen LogP contribution in [0.4, 0.5) is 4.39 Å². The van der Waals surface area contributed by atoms with E-state index >= 15 is 0 Å². The zero-order chi connectivity index (χ0) is 22.2. The maximum Gasteiger partial charge on any atom is 0.266 e. The number of guanidine groups is 1. The molecular formula is C23H24FN5O2. The van der Waals surface area contributed by atoms with Crippen molar-refractivity contribution in [3.63, 3.8) is 0 Å². The number of likely N-dealkylation sites (N-methyl/N-ethyl adjacent to an activating group) is 1. The summed E-state index contributed by atoms with van der Waals surface area (Å²) in [6.45, 7) is 3.12. The Hall–Kier alpha value is -3.52. The van der Waals surface area contributed by atoms with Crippen LogP contribution in [0, 0.1) is 5.95 Å². The molecule has 0 fully saturated rings. The Morgan fingerprint density at radius 3 is 2.65 bits per heavy atom. The summed E-state index contributed by atoms with van der Waals surface area (Å²) in [4.78, 5) is 23.2. The number of ether oxygens (including phenoxy) is 1. The van der Waals surface area contributed by atoms with Crippen molar-refractivity contribution in [2.75, 3.05) is 14.2 Å². The number of hydrogen-bond donors (Lipinski definition) is 1. The van der Waals surface area contributed by atoms with E-state index in [4.69, 9.17) is 10.5 Å². The van der Waals surface area contributed by atoms with E-state index in [0.717, 1.165) is 5.69 Å². The van der Waals surface area contributed by atoms with Crippen molar-refractivity contribution in [2.45, 2.75) is 25.6 Å². The number of nitrogens with two attached hydrogens (primary N) is 1. The molecule has 0 saturated heterocycles. The minimum atomic E-state index is -1.36. The van der Waals surface area contributed by atoms with Gasteiger partial charge < -0.3 is 15.0 Å². The Balaban J connectivity index is 1.94. The fourth-order valence-electron chi connectivity index (χ4n) is 4.01. The number of carbonyl (C=O) groups excluding carboxylic acids is 1. The summed E-state index contributed by atoms with van der Waals surface area (Å²) in [5, 5.41) is 0. The van der Waals surface area contributed by atoms with Crippen molar-refractivity contribution >= 4 is 11.9 Å². The number of nitrogens with zero attached hydrogens (tertiary/aromatic N) is 4. The van der Waals surface area contributed by atoms with Crippen LogP contribution < -0.4 is 5.73 Å². The van der Waals surface area contributed by atoms with Gasteiger partial charge in [-0.25, -0.2) is 9.98 Å². The summed E-state index contributed by atoms with van der Waals surface area (Å²) in [6, 6.07) is 12.4. The number of rotatable bonds is 6. The summed E-state index contributed by atoms with van der Waals surface area (Å²) in [5.74, 6) is -0.724. The molecule has 160 valence electrons. The van der Waals surface area contributed by atoms with Gasteiger partial charge in [-0.15, -0.1) is 0 Å². The molecule has 1 aliphatic rings. The van der Waals surface area contributed by atoms with Gasteiger partial charge in [0.15, 0.2) is 11.5 Å². The van der Waals surface area contributed by atoms with Crippen LogP contribution in [0.2, 0.25) is 0 Å². The van der Waals surface area contributed by atoms with Crippen molar-refractivity contribution in [3.05, 3.63) is 77.6 Å². The van der Waals surface area contributed by atoms with Crippen LogP contribution in [0.15, 0.2) is 59.9 Å². The molecule has 8 heteroatoms. The molecule has 4 rings (SSSR count). The van der Waals surface area contributed by atoms with Crippen LogP contribution in [0.25, 0.3) is 11.1 Å². The molecule has 0 aliphatic carbocycles. The molecule has 0 bridgehead atoms. The van der Waals surface area contributed by atoms with Crippen molar-refractivity contribution < 1.29 is 13.9 Å². The molecule has 1 atom stereocenters. The number of aromatic nitrogens is 2. The zero-order valence-corrected chi connectivity index (χ0v) is 17.7. The summed E-state index contributed by atoms with van der Waals surface area (Å²) in [6.07, 6.45) is 3.30. The Morgan fingerprint density at radius 1 is 1.19 bits per heavy atom. The third-order valence-electron chi connectivity index (χ3n) is 5.63. The second-order valence-electron chi connectivity index (χ2n) is 7.41. The molecule has 0 spiro atoms. The van der Waals surface area contributed by atoms with E-state index in [2.05, 4.69) is 9.98 Å². The smallest absolute Gasteiger partial charge is 0.266 e. The molecular weight excluding hydrogens is 397 g/mol. The highest BCUT2D eigenvalue weighted by atomic mass is 19.1. The van der Waals surface area contributed by atoms with Crippen molar-refractivity contribution in [3.8, 4) is 11.1 Å². The first-order valence-corrected chi connectivity index (χ1v) is 9.95. The lowest BCUT2D eigenvalue weighted by atomic mass is 9.83. The number of methoxy groups -OCH3 is 1. The number of hydrogen-bond acceptors (Lipinski definition) is 5. The highest BCUT2D eigenvalue weighted by molar-refractivity contribution is 6.09. The third-order valence-corrected chi connectivity index (χ3v) is 5.63. The molecule has 3 heterocycles. The quantitative estimate of drug-likeness (QED) is 0.620. The van der Waals surface area contributed by atoms with Gasteiger partial charge in [0.2, 0.25) is 5.95 Å². The minimum absolute atomic E-state index is 0.125. The average molecular weight is 421 g/mol. The van der Waals surface area contributed by atoms with Gasteiger partial charge >= 0.3 is 0 Å². The van der Waals surface area contributed by atoms with Gasteiger partial charge in [-0.3, -0.25) is 9.69 Å². The predicted octanol–water partition coefficient (Wildman–Crippen LogP) is 2.89. The third kappa shape index (κ3) is 3.29. The van der Waals surface area contributed by atoms with E-state index in [1.165, 1.54) is 11.1 Å². The van der Waals surface area contributed by atoms with Crippen LogP contribution in [-0.2, 0) is 28.2 Å². The first kappa shape index (κ1) is 20.7. The van der Waals surface area contributed by atoms with Gasteiger partial charge in [0.05, 0.1) is 6.61 Å². The number of halogens is 1. The molecule has 1 aliphatic heterocycles. The minimum Gasteiger partial charge on any atom is -0.378 e. The summed E-state index contributed by atoms with van der Waals surface area (Å²) in [5.41, 5.74) is 7.87. The van der Waals surface area contributed by atoms with Crippen molar-refractivity contribution in [1.82, 2.24) is 14.5 Å². The number of aryl methyl sites for hydroxylation is 1. The molecule has 31 heavy (non-hydrogen) atoms. The highest BCUT2D eigenvalue weighted by Gasteiger charge is 2.50. The van der Waals surface area contributed by atoms with Gasteiger partial charge in [0, 0.05) is 49.9 Å². The fourth-order valence-corrected chi connectivity index (χ4v) is 4.01. The Morgan fingerprint density at radius 2 is 2.00 bits per heavy atom. The van der Waals surface area contributed by atoms with Gasteiger partial charge in [0.25, 0.3) is 5.91 Å². The first-order valence-electron chi connectivity index (χ1n) is 9.95. The van der Waals surface area contributed by atoms with Crippen LogP contribution >= 0.6 is 0 Å². The maximum absolute atomic E-state index is 14.3. The lowest BCUT2D eigenvalue weighted by Crippen LogP contribution is -2.41. The molecule has 1 unspecified atom stereocenters. The lowest BCUT2D eigenvalue weighted by Gasteiger charge is -2.25. The van der Waals surface area contributed by atoms with Crippen LogP contribution in [-0.4, -0.2) is 40.5 Å². The van der Waals surface area contributed by atoms with E-state index in [0.29, 0.717) is 35.4 Å². The molecule has 1 amide bonds. The summed E-state index contributed by atoms with van der Waals surface area (Å²) in [7, 11) is 3.22. The molecule has 3 aromatic rings. The average Bonchev–Trinajstić information content (AvgIpc) is 3.29. The first-order chi connectivity index (χ1) is 14.9. The van der Waals surface area contributed by atoms with E-state index in [1.54, 1.807) is 44.5 Å². The number of pyridine rings is 1. The Bertz CT molecular complexity index is 1170. The topological polar surface area (TPSA) is 85.7 Å². The van der Waals surface area contributed by atoms with Gasteiger partial charge in [0.1, 0.15) is 0 Å². The predicted molar refractivity (Wildman–Crippen MR) is 116 cm³/mol. The standard InChI is InChI=1S/C23H24FN5O2/c1-4-29-13-17(12-18(29)14-31-3)23(21(30)28(2)22(25)27-23)16-8-5-7-15(11-16)19-9-6-10-26-20(19)24/h5-13H,4,14H2,1-3H3,(H2,25,27). The number of aliphatic imine (C=N–C) groups is 1. The fraction of sp³-hybridized carbons (Fsp3) is 0.261. The molecule has 1 aromatic carbocycles. The van der Waals surface area contributed by atoms with Crippen LogP contribution in [0.5, 0.6) is 0 Å². The molecule has 0 saturated carbocycles. The van der Waals surface area contributed by atoms with Crippen LogP contribution in [0.1, 0.15) is 23.7 Å². The number of amides is 1. The van der Waals surface area contributed by atoms with Crippen molar-refractivity contribution in [2.24, 2.45) is 10.7 Å². The largest absolute Gasteiger partial charge is 0.378 e. The van der Waals surface area contributed by atoms with Gasteiger partial charge in [-0.2, -0.15) is 4.39 Å². The number of carbonyl (C=O) groups is 1. The second-order valence-corrected chi connectivity index (χ2v) is 7.41. The normalized spacial score (nSPS) is 18.5. The van der Waals surface area contributed by atoms with Crippen molar-refractivity contribution in [1.29, 1.82) is 0 Å². The zero-order valence-electron chi connectivity index (χ0n) is 17.7. The van der Waals surface area contributed by atoms with E-state index < -0.39 is 11.5 Å². The lowest BCUT2D eigenvalue weighted by molar-refractivity contribution is -0.129. The summed E-state index contributed by atoms with van der Waals surface area (Å²) < 4.78 is 21.7. The van der Waals surface area contributed by atoms with E-state index in [1.807, 2.05) is 29.8 Å². The van der Waals surface area contributed by atoms with Gasteiger partial charge in [-0.1, -0.05) is 18.2 Å².